The van der Waals surface area contributed by atoms with E-state index in [9.17, 15) is 22.8 Å². The topological polar surface area (TPSA) is 125 Å². The summed E-state index contributed by atoms with van der Waals surface area (Å²) in [5.41, 5.74) is 0.789. The van der Waals surface area contributed by atoms with Gasteiger partial charge < -0.3 is 14.8 Å². The highest BCUT2D eigenvalue weighted by Gasteiger charge is 2.39. The van der Waals surface area contributed by atoms with Crippen LogP contribution in [0, 0.1) is 0 Å². The summed E-state index contributed by atoms with van der Waals surface area (Å²) in [7, 11) is -3.91. The first-order valence-corrected chi connectivity index (χ1v) is 9.85. The quantitative estimate of drug-likeness (QED) is 0.469. The molecular weight excluding hydrogens is 378 g/mol. The molecule has 150 valence electrons. The largest absolute Gasteiger partial charge is 0.455 e. The minimum atomic E-state index is -3.91. The molecule has 1 N–H and O–H groups in total. The lowest BCUT2D eigenvalue weighted by molar-refractivity contribution is -0.176. The average molecular weight is 401 g/mol. The zero-order valence-electron chi connectivity index (χ0n) is 15.5. The van der Waals surface area contributed by atoms with E-state index in [1.165, 1.54) is 6.92 Å². The molecule has 1 rings (SSSR count). The average Bonchev–Trinajstić information content (AvgIpc) is 2.54. The number of hydrogen-bond donors (Lipinski definition) is 1. The number of carbonyl (C=O) groups excluding carboxylic acids is 3. The van der Waals surface area contributed by atoms with Crippen LogP contribution in [0.3, 0.4) is 0 Å². The lowest BCUT2D eigenvalue weighted by Crippen LogP contribution is -2.51. The second kappa shape index (κ2) is 10.0. The Kier molecular flexibility index (Phi) is 8.38. The van der Waals surface area contributed by atoms with Gasteiger partial charge in [-0.25, -0.2) is 0 Å². The van der Waals surface area contributed by atoms with Crippen molar-refractivity contribution in [3.63, 3.8) is 0 Å². The van der Waals surface area contributed by atoms with Gasteiger partial charge in [-0.2, -0.15) is 8.42 Å². The third kappa shape index (κ3) is 8.65. The fourth-order valence-corrected chi connectivity index (χ4v) is 2.92. The first kappa shape index (κ1) is 22.6. The molecule has 0 aliphatic carbocycles. The van der Waals surface area contributed by atoms with Crippen molar-refractivity contribution in [3.8, 4) is 0 Å². The van der Waals surface area contributed by atoms with Gasteiger partial charge in [0, 0.05) is 20.4 Å². The number of amides is 1. The number of benzene rings is 1. The molecule has 0 saturated carbocycles. The molecule has 0 heterocycles. The van der Waals surface area contributed by atoms with E-state index in [1.54, 1.807) is 24.3 Å². The Morgan fingerprint density at radius 2 is 1.59 bits per heavy atom. The van der Waals surface area contributed by atoms with E-state index in [0.29, 0.717) is 0 Å². The van der Waals surface area contributed by atoms with Crippen molar-refractivity contribution in [2.45, 2.75) is 45.6 Å². The van der Waals surface area contributed by atoms with Gasteiger partial charge in [-0.15, -0.1) is 0 Å². The Bertz CT molecular complexity index is 762. The third-order valence-electron chi connectivity index (χ3n) is 3.25. The zero-order valence-corrected chi connectivity index (χ0v) is 16.3. The first-order chi connectivity index (χ1) is 12.5. The Morgan fingerprint density at radius 1 is 1.04 bits per heavy atom. The van der Waals surface area contributed by atoms with Gasteiger partial charge in [0.25, 0.3) is 16.0 Å². The van der Waals surface area contributed by atoms with Crippen LogP contribution < -0.4 is 5.32 Å². The van der Waals surface area contributed by atoms with E-state index < -0.39 is 46.3 Å². The van der Waals surface area contributed by atoms with Crippen molar-refractivity contribution >= 4 is 28.0 Å². The van der Waals surface area contributed by atoms with Crippen LogP contribution in [-0.4, -0.2) is 50.8 Å². The second-order valence-electron chi connectivity index (χ2n) is 5.81. The highest BCUT2D eigenvalue weighted by atomic mass is 32.2. The molecule has 0 spiro atoms. The summed E-state index contributed by atoms with van der Waals surface area (Å²) in [6.07, 6.45) is -3.51. The maximum atomic E-state index is 12.6. The lowest BCUT2D eigenvalue weighted by Gasteiger charge is -2.29. The molecule has 0 fully saturated rings. The smallest absolute Gasteiger partial charge is 0.303 e. The summed E-state index contributed by atoms with van der Waals surface area (Å²) in [5.74, 6) is -2.36. The summed E-state index contributed by atoms with van der Waals surface area (Å²) < 4.78 is 37.6. The maximum absolute atomic E-state index is 12.6. The van der Waals surface area contributed by atoms with E-state index in [1.807, 2.05) is 6.07 Å². The summed E-state index contributed by atoms with van der Waals surface area (Å²) in [6, 6.07) is 8.94. The SMILES string of the molecule is CC(=O)OC(C(=O)NCc1ccccc1)C(OC(C)=O)C(C)OS(C)(=O)=O. The fraction of sp³-hybridized carbons (Fsp3) is 0.471. The minimum absolute atomic E-state index is 0.131. The number of nitrogens with one attached hydrogen (secondary N) is 1. The highest BCUT2D eigenvalue weighted by Crippen LogP contribution is 2.16. The normalized spacial score (nSPS) is 14.5. The monoisotopic (exact) mass is 401 g/mol. The van der Waals surface area contributed by atoms with E-state index >= 15 is 0 Å². The van der Waals surface area contributed by atoms with Crippen LogP contribution in [0.1, 0.15) is 26.3 Å². The molecule has 10 heteroatoms. The Labute approximate surface area is 158 Å². The molecule has 1 aromatic carbocycles. The van der Waals surface area contributed by atoms with Crippen LogP contribution in [0.15, 0.2) is 30.3 Å². The molecule has 1 amide bonds. The molecule has 0 bridgehead atoms. The van der Waals surface area contributed by atoms with Gasteiger partial charge in [-0.05, 0) is 12.5 Å². The number of rotatable bonds is 9. The van der Waals surface area contributed by atoms with Crippen LogP contribution in [0.5, 0.6) is 0 Å². The van der Waals surface area contributed by atoms with Gasteiger partial charge in [-0.1, -0.05) is 30.3 Å². The summed E-state index contributed by atoms with van der Waals surface area (Å²) in [4.78, 5) is 35.4. The van der Waals surface area contributed by atoms with Crippen molar-refractivity contribution in [1.82, 2.24) is 5.32 Å². The van der Waals surface area contributed by atoms with Crippen LogP contribution in [0.2, 0.25) is 0 Å². The standard InChI is InChI=1S/C17H23NO8S/c1-11(26-27(4,22)23)15(24-12(2)19)16(25-13(3)20)17(21)18-10-14-8-6-5-7-9-14/h5-9,11,15-16H,10H2,1-4H3,(H,18,21). The van der Waals surface area contributed by atoms with E-state index in [2.05, 4.69) is 5.32 Å². The summed E-state index contributed by atoms with van der Waals surface area (Å²) in [5, 5.41) is 2.56. The second-order valence-corrected chi connectivity index (χ2v) is 7.41. The van der Waals surface area contributed by atoms with Gasteiger partial charge in [0.15, 0.2) is 6.10 Å². The zero-order chi connectivity index (χ0) is 20.6. The molecule has 0 saturated heterocycles. The Hall–Kier alpha value is -2.46. The molecule has 0 aliphatic rings. The molecule has 27 heavy (non-hydrogen) atoms. The van der Waals surface area contributed by atoms with Gasteiger partial charge in [-0.3, -0.25) is 18.6 Å². The summed E-state index contributed by atoms with van der Waals surface area (Å²) >= 11 is 0. The van der Waals surface area contributed by atoms with Crippen molar-refractivity contribution < 1.29 is 36.5 Å². The van der Waals surface area contributed by atoms with E-state index in [-0.39, 0.29) is 6.54 Å². The molecule has 0 aliphatic heterocycles. The van der Waals surface area contributed by atoms with Crippen molar-refractivity contribution in [2.24, 2.45) is 0 Å². The predicted octanol–water partition coefficient (Wildman–Crippen LogP) is 0.531. The van der Waals surface area contributed by atoms with E-state index in [4.69, 9.17) is 13.7 Å². The molecule has 0 aromatic heterocycles. The first-order valence-electron chi connectivity index (χ1n) is 8.04. The van der Waals surface area contributed by atoms with Crippen molar-refractivity contribution in [1.29, 1.82) is 0 Å². The predicted molar refractivity (Wildman–Crippen MR) is 94.8 cm³/mol. The van der Waals surface area contributed by atoms with Gasteiger partial charge in [0.05, 0.1) is 6.26 Å². The number of esters is 2. The van der Waals surface area contributed by atoms with Crippen molar-refractivity contribution in [3.05, 3.63) is 35.9 Å². The van der Waals surface area contributed by atoms with Crippen LogP contribution >= 0.6 is 0 Å². The maximum Gasteiger partial charge on any atom is 0.303 e. The van der Waals surface area contributed by atoms with E-state index in [0.717, 1.165) is 25.7 Å². The van der Waals surface area contributed by atoms with Gasteiger partial charge >= 0.3 is 11.9 Å². The highest BCUT2D eigenvalue weighted by molar-refractivity contribution is 7.86. The van der Waals surface area contributed by atoms with Crippen molar-refractivity contribution in [2.75, 3.05) is 6.26 Å². The molecular formula is C17H23NO8S. The third-order valence-corrected chi connectivity index (χ3v) is 3.90. The molecule has 1 aromatic rings. The molecule has 0 radical (unpaired) electrons. The molecule has 9 nitrogen and oxygen atoms in total. The Morgan fingerprint density at radius 3 is 2.07 bits per heavy atom. The van der Waals surface area contributed by atoms with Gasteiger partial charge in [0.1, 0.15) is 6.10 Å². The Balaban J connectivity index is 3.03. The molecule has 3 atom stereocenters. The minimum Gasteiger partial charge on any atom is -0.455 e. The summed E-state index contributed by atoms with van der Waals surface area (Å²) in [6.45, 7) is 3.57. The molecule has 3 unspecified atom stereocenters. The van der Waals surface area contributed by atoms with Crippen LogP contribution in [-0.2, 0) is 44.7 Å². The van der Waals surface area contributed by atoms with Crippen LogP contribution in [0.25, 0.3) is 0 Å². The fourth-order valence-electron chi connectivity index (χ4n) is 2.26. The number of carbonyl (C=O) groups is 3. The lowest BCUT2D eigenvalue weighted by atomic mass is 10.1. The number of ether oxygens (including phenoxy) is 2. The van der Waals surface area contributed by atoms with Crippen LogP contribution in [0.4, 0.5) is 0 Å². The number of hydrogen-bond acceptors (Lipinski definition) is 8. The van der Waals surface area contributed by atoms with Gasteiger partial charge in [0.2, 0.25) is 6.10 Å².